The van der Waals surface area contributed by atoms with Gasteiger partial charge in [-0.05, 0) is 43.2 Å². The van der Waals surface area contributed by atoms with Crippen LogP contribution in [0.1, 0.15) is 21.5 Å². The zero-order valence-electron chi connectivity index (χ0n) is 12.2. The molecule has 1 N–H and O–H groups in total. The van der Waals surface area contributed by atoms with Crippen LogP contribution < -0.4 is 5.32 Å². The number of aromatic nitrogens is 1. The van der Waals surface area contributed by atoms with Crippen molar-refractivity contribution in [2.24, 2.45) is 0 Å². The first-order valence-electron chi connectivity index (χ1n) is 6.61. The van der Waals surface area contributed by atoms with Gasteiger partial charge in [-0.3, -0.25) is 9.78 Å². The maximum atomic E-state index is 11.9. The van der Waals surface area contributed by atoms with E-state index in [0.717, 1.165) is 11.1 Å². The Bertz CT molecular complexity index is 679. The lowest BCUT2D eigenvalue weighted by molar-refractivity contribution is -0.119. The van der Waals surface area contributed by atoms with Gasteiger partial charge in [0.2, 0.25) is 0 Å². The minimum absolute atomic E-state index is 0.292. The van der Waals surface area contributed by atoms with Gasteiger partial charge in [-0.15, -0.1) is 0 Å². The standard InChI is InChI=1S/C16H15ClN2O3/c1-10-6-11(2)15(13(17)7-10)19-14(20)9-22-16(21)12-4-3-5-18-8-12/h3-8H,9H2,1-2H3,(H,19,20). The fourth-order valence-electron chi connectivity index (χ4n) is 1.95. The molecule has 1 heterocycles. The molecule has 0 unspecified atom stereocenters. The van der Waals surface area contributed by atoms with Gasteiger partial charge >= 0.3 is 5.97 Å². The van der Waals surface area contributed by atoms with Gasteiger partial charge in [0.05, 0.1) is 16.3 Å². The van der Waals surface area contributed by atoms with Crippen LogP contribution in [0, 0.1) is 13.8 Å². The maximum Gasteiger partial charge on any atom is 0.340 e. The van der Waals surface area contributed by atoms with Crippen molar-refractivity contribution in [1.29, 1.82) is 0 Å². The predicted molar refractivity (Wildman–Crippen MR) is 84.1 cm³/mol. The molecular weight excluding hydrogens is 304 g/mol. The molecule has 114 valence electrons. The molecule has 0 saturated heterocycles. The number of esters is 1. The lowest BCUT2D eigenvalue weighted by atomic mass is 10.1. The highest BCUT2D eigenvalue weighted by Gasteiger charge is 2.13. The lowest BCUT2D eigenvalue weighted by Crippen LogP contribution is -2.21. The number of ether oxygens (including phenoxy) is 1. The quantitative estimate of drug-likeness (QED) is 0.879. The van der Waals surface area contributed by atoms with Gasteiger partial charge in [0.25, 0.3) is 5.91 Å². The molecule has 6 heteroatoms. The maximum absolute atomic E-state index is 11.9. The smallest absolute Gasteiger partial charge is 0.340 e. The molecule has 0 bridgehead atoms. The zero-order valence-corrected chi connectivity index (χ0v) is 13.0. The summed E-state index contributed by atoms with van der Waals surface area (Å²) in [6.07, 6.45) is 2.92. The lowest BCUT2D eigenvalue weighted by Gasteiger charge is -2.11. The zero-order chi connectivity index (χ0) is 16.1. The van der Waals surface area contributed by atoms with Crippen LogP contribution in [0.4, 0.5) is 5.69 Å². The van der Waals surface area contributed by atoms with E-state index in [4.69, 9.17) is 16.3 Å². The third-order valence-corrected chi connectivity index (χ3v) is 3.23. The SMILES string of the molecule is Cc1cc(C)c(NC(=O)COC(=O)c2cccnc2)c(Cl)c1. The topological polar surface area (TPSA) is 68.3 Å². The molecule has 1 aromatic carbocycles. The first kappa shape index (κ1) is 16.0. The number of halogens is 1. The van der Waals surface area contributed by atoms with E-state index in [1.165, 1.54) is 6.20 Å². The monoisotopic (exact) mass is 318 g/mol. The van der Waals surface area contributed by atoms with Gasteiger partial charge in [-0.25, -0.2) is 4.79 Å². The number of nitrogens with one attached hydrogen (secondary N) is 1. The summed E-state index contributed by atoms with van der Waals surface area (Å²) in [6.45, 7) is 3.37. The van der Waals surface area contributed by atoms with Gasteiger partial charge in [0.15, 0.2) is 6.61 Å². The fourth-order valence-corrected chi connectivity index (χ4v) is 2.32. The van der Waals surface area contributed by atoms with Crippen molar-refractivity contribution in [3.8, 4) is 0 Å². The van der Waals surface area contributed by atoms with Gasteiger partial charge < -0.3 is 10.1 Å². The highest BCUT2D eigenvalue weighted by Crippen LogP contribution is 2.27. The van der Waals surface area contributed by atoms with Crippen LogP contribution in [0.5, 0.6) is 0 Å². The summed E-state index contributed by atoms with van der Waals surface area (Å²) in [7, 11) is 0. The van der Waals surface area contributed by atoms with E-state index in [1.54, 1.807) is 24.4 Å². The van der Waals surface area contributed by atoms with E-state index in [9.17, 15) is 9.59 Å². The van der Waals surface area contributed by atoms with Crippen LogP contribution in [0.2, 0.25) is 5.02 Å². The van der Waals surface area contributed by atoms with Crippen molar-refractivity contribution in [2.45, 2.75) is 13.8 Å². The van der Waals surface area contributed by atoms with Gasteiger partial charge in [0, 0.05) is 12.4 Å². The molecule has 2 aromatic rings. The Labute approximate surface area is 133 Å². The summed E-state index contributed by atoms with van der Waals surface area (Å²) >= 11 is 6.11. The van der Waals surface area contributed by atoms with Crippen molar-refractivity contribution < 1.29 is 14.3 Å². The number of aryl methyl sites for hydroxylation is 2. The fraction of sp³-hybridized carbons (Fsp3) is 0.188. The number of benzene rings is 1. The average molecular weight is 319 g/mol. The molecule has 5 nitrogen and oxygen atoms in total. The highest BCUT2D eigenvalue weighted by atomic mass is 35.5. The van der Waals surface area contributed by atoms with E-state index in [2.05, 4.69) is 10.3 Å². The minimum Gasteiger partial charge on any atom is -0.452 e. The van der Waals surface area contributed by atoms with E-state index >= 15 is 0 Å². The van der Waals surface area contributed by atoms with Crippen molar-refractivity contribution in [3.05, 3.63) is 58.4 Å². The predicted octanol–water partition coefficient (Wildman–Crippen LogP) is 3.15. The summed E-state index contributed by atoms with van der Waals surface area (Å²) in [6, 6.07) is 6.84. The van der Waals surface area contributed by atoms with Gasteiger partial charge in [-0.2, -0.15) is 0 Å². The summed E-state index contributed by atoms with van der Waals surface area (Å²) in [5.41, 5.74) is 2.66. The van der Waals surface area contributed by atoms with Crippen molar-refractivity contribution in [3.63, 3.8) is 0 Å². The second-order valence-corrected chi connectivity index (χ2v) is 5.21. The molecule has 0 fully saturated rings. The second kappa shape index (κ2) is 7.04. The molecule has 0 radical (unpaired) electrons. The van der Waals surface area contributed by atoms with E-state index in [-0.39, 0.29) is 0 Å². The molecule has 22 heavy (non-hydrogen) atoms. The summed E-state index contributed by atoms with van der Waals surface area (Å²) in [4.78, 5) is 27.4. The largest absolute Gasteiger partial charge is 0.452 e. The summed E-state index contributed by atoms with van der Waals surface area (Å²) < 4.78 is 4.93. The molecule has 1 aromatic heterocycles. The Morgan fingerprint density at radius 3 is 2.73 bits per heavy atom. The molecule has 0 aliphatic rings. The van der Waals surface area contributed by atoms with Crippen molar-refractivity contribution in [2.75, 3.05) is 11.9 Å². The van der Waals surface area contributed by atoms with Crippen LogP contribution >= 0.6 is 11.6 Å². The first-order valence-corrected chi connectivity index (χ1v) is 6.99. The Morgan fingerprint density at radius 2 is 2.09 bits per heavy atom. The molecule has 0 spiro atoms. The van der Waals surface area contributed by atoms with Crippen LogP contribution in [-0.2, 0) is 9.53 Å². The number of amides is 1. The van der Waals surface area contributed by atoms with Crippen LogP contribution in [0.3, 0.4) is 0 Å². The normalized spacial score (nSPS) is 10.1. The number of pyridine rings is 1. The number of hydrogen-bond donors (Lipinski definition) is 1. The van der Waals surface area contributed by atoms with Crippen LogP contribution in [0.15, 0.2) is 36.7 Å². The Kier molecular flexibility index (Phi) is 5.12. The first-order chi connectivity index (χ1) is 10.5. The third kappa shape index (κ3) is 4.05. The molecule has 2 rings (SSSR count). The molecule has 0 saturated carbocycles. The number of nitrogens with zero attached hydrogens (tertiary/aromatic N) is 1. The Balaban J connectivity index is 1.95. The summed E-state index contributed by atoms with van der Waals surface area (Å²) in [5, 5.41) is 3.10. The van der Waals surface area contributed by atoms with Crippen LogP contribution in [-0.4, -0.2) is 23.5 Å². The molecule has 0 aliphatic heterocycles. The number of hydrogen-bond acceptors (Lipinski definition) is 4. The highest BCUT2D eigenvalue weighted by molar-refractivity contribution is 6.34. The van der Waals surface area contributed by atoms with E-state index in [1.807, 2.05) is 19.9 Å². The molecule has 1 amide bonds. The van der Waals surface area contributed by atoms with Crippen molar-refractivity contribution in [1.82, 2.24) is 4.98 Å². The van der Waals surface area contributed by atoms with E-state index in [0.29, 0.717) is 16.3 Å². The Hall–Kier alpha value is -2.40. The van der Waals surface area contributed by atoms with E-state index < -0.39 is 18.5 Å². The third-order valence-electron chi connectivity index (χ3n) is 2.93. The van der Waals surface area contributed by atoms with Crippen LogP contribution in [0.25, 0.3) is 0 Å². The van der Waals surface area contributed by atoms with Crippen molar-refractivity contribution >= 4 is 29.2 Å². The Morgan fingerprint density at radius 1 is 1.32 bits per heavy atom. The number of carbonyl (C=O) groups excluding carboxylic acids is 2. The van der Waals surface area contributed by atoms with Gasteiger partial charge in [0.1, 0.15) is 0 Å². The summed E-state index contributed by atoms with van der Waals surface area (Å²) in [5.74, 6) is -1.05. The molecular formula is C16H15ClN2O3. The molecule has 0 aliphatic carbocycles. The second-order valence-electron chi connectivity index (χ2n) is 4.80. The van der Waals surface area contributed by atoms with Gasteiger partial charge in [-0.1, -0.05) is 17.7 Å². The number of anilines is 1. The number of carbonyl (C=O) groups is 2. The number of rotatable bonds is 4. The average Bonchev–Trinajstić information content (AvgIpc) is 2.49. The minimum atomic E-state index is -0.602. The molecule has 0 atom stereocenters.